The van der Waals surface area contributed by atoms with E-state index in [1.807, 2.05) is 0 Å². The Morgan fingerprint density at radius 2 is 1.19 bits per heavy atom. The minimum atomic E-state index is 0.0880. The molecule has 0 aliphatic heterocycles. The van der Waals surface area contributed by atoms with Gasteiger partial charge in [-0.25, -0.2) is 0 Å². The van der Waals surface area contributed by atoms with E-state index in [2.05, 4.69) is 15.9 Å². The number of hydrogen-bond acceptors (Lipinski definition) is 3. The summed E-state index contributed by atoms with van der Waals surface area (Å²) in [5, 5.41) is 26.0. The van der Waals surface area contributed by atoms with E-state index in [-0.39, 0.29) is 11.5 Å². The van der Waals surface area contributed by atoms with E-state index in [9.17, 15) is 0 Å². The summed E-state index contributed by atoms with van der Waals surface area (Å²) >= 11 is 3.23. The maximum atomic E-state index is 8.74. The van der Waals surface area contributed by atoms with Gasteiger partial charge in [0.2, 0.25) is 0 Å². The van der Waals surface area contributed by atoms with Gasteiger partial charge < -0.3 is 15.3 Å². The first-order chi connectivity index (χ1) is 7.58. The van der Waals surface area contributed by atoms with E-state index in [1.54, 1.807) is 30.3 Å². The van der Waals surface area contributed by atoms with Crippen molar-refractivity contribution in [2.75, 3.05) is 0 Å². The van der Waals surface area contributed by atoms with Crippen molar-refractivity contribution in [1.82, 2.24) is 0 Å². The van der Waals surface area contributed by atoms with E-state index in [0.717, 1.165) is 4.47 Å². The molecule has 0 amide bonds. The van der Waals surface area contributed by atoms with Crippen LogP contribution in [0.2, 0.25) is 0 Å². The molecule has 3 N–H and O–H groups in total. The quantitative estimate of drug-likeness (QED) is 0.695. The zero-order valence-corrected chi connectivity index (χ0v) is 9.92. The number of rotatable bonds is 0. The molecule has 0 radical (unpaired) electrons. The second-order valence-corrected chi connectivity index (χ2v) is 3.91. The summed E-state index contributed by atoms with van der Waals surface area (Å²) in [5.41, 5.74) is 0. The second kappa shape index (κ2) is 6.02. The molecule has 0 spiro atoms. The maximum absolute atomic E-state index is 8.74. The molecule has 0 saturated carbocycles. The molecule has 3 nitrogen and oxygen atoms in total. The van der Waals surface area contributed by atoms with Crippen LogP contribution >= 0.6 is 15.9 Å². The van der Waals surface area contributed by atoms with Crippen molar-refractivity contribution in [3.63, 3.8) is 0 Å². The molecule has 4 heteroatoms. The van der Waals surface area contributed by atoms with Crippen molar-refractivity contribution in [3.05, 3.63) is 53.0 Å². The smallest absolute Gasteiger partial charge is 0.119 e. The van der Waals surface area contributed by atoms with Crippen molar-refractivity contribution in [2.45, 2.75) is 0 Å². The van der Waals surface area contributed by atoms with E-state index < -0.39 is 0 Å². The zero-order chi connectivity index (χ0) is 12.0. The molecule has 0 atom stereocenters. The predicted molar refractivity (Wildman–Crippen MR) is 65.6 cm³/mol. The third-order valence-corrected chi connectivity index (χ3v) is 2.19. The largest absolute Gasteiger partial charge is 0.508 e. The van der Waals surface area contributed by atoms with Gasteiger partial charge in [-0.3, -0.25) is 0 Å². The molecular weight excluding hydrogens is 272 g/mol. The van der Waals surface area contributed by atoms with Gasteiger partial charge in [-0.15, -0.1) is 0 Å². The van der Waals surface area contributed by atoms with Crippen LogP contribution < -0.4 is 0 Å². The fourth-order valence-electron chi connectivity index (χ4n) is 0.934. The van der Waals surface area contributed by atoms with Crippen LogP contribution in [0.5, 0.6) is 17.2 Å². The lowest BCUT2D eigenvalue weighted by atomic mass is 10.3. The number of halogens is 1. The SMILES string of the molecule is Oc1ccc(Br)cc1.Oc1cccc(O)c1. The Kier molecular flexibility index (Phi) is 4.66. The molecule has 0 aromatic heterocycles. The summed E-state index contributed by atoms with van der Waals surface area (Å²) in [4.78, 5) is 0. The van der Waals surface area contributed by atoms with Crippen LogP contribution in [0.4, 0.5) is 0 Å². The van der Waals surface area contributed by atoms with Crippen LogP contribution in [0.3, 0.4) is 0 Å². The molecule has 0 saturated heterocycles. The van der Waals surface area contributed by atoms with E-state index in [4.69, 9.17) is 15.3 Å². The van der Waals surface area contributed by atoms with Gasteiger partial charge in [0.05, 0.1) is 0 Å². The average Bonchev–Trinajstić information content (AvgIpc) is 2.23. The van der Waals surface area contributed by atoms with Crippen molar-refractivity contribution >= 4 is 15.9 Å². The minimum absolute atomic E-state index is 0.0880. The zero-order valence-electron chi connectivity index (χ0n) is 8.34. The van der Waals surface area contributed by atoms with Gasteiger partial charge in [-0.1, -0.05) is 22.0 Å². The van der Waals surface area contributed by atoms with Gasteiger partial charge in [0.1, 0.15) is 17.2 Å². The lowest BCUT2D eigenvalue weighted by Crippen LogP contribution is -1.61. The number of phenols is 3. The summed E-state index contributed by atoms with van der Waals surface area (Å²) in [7, 11) is 0. The van der Waals surface area contributed by atoms with E-state index in [1.165, 1.54) is 18.2 Å². The first kappa shape index (κ1) is 12.4. The third kappa shape index (κ3) is 4.70. The Labute approximate surface area is 102 Å². The van der Waals surface area contributed by atoms with Gasteiger partial charge in [-0.2, -0.15) is 0 Å². The van der Waals surface area contributed by atoms with Crippen LogP contribution in [-0.2, 0) is 0 Å². The molecule has 2 aromatic rings. The normalized spacial score (nSPS) is 9.06. The van der Waals surface area contributed by atoms with Crippen LogP contribution in [0, 0.1) is 0 Å². The Hall–Kier alpha value is -1.68. The number of phenolic OH excluding ortho intramolecular Hbond substituents is 3. The van der Waals surface area contributed by atoms with Crippen molar-refractivity contribution in [2.24, 2.45) is 0 Å². The van der Waals surface area contributed by atoms with Crippen LogP contribution in [0.25, 0.3) is 0 Å². The fourth-order valence-corrected chi connectivity index (χ4v) is 1.20. The number of hydrogen-bond donors (Lipinski definition) is 3. The molecule has 2 rings (SSSR count). The van der Waals surface area contributed by atoms with Gasteiger partial charge in [0.15, 0.2) is 0 Å². The Balaban J connectivity index is 0.000000160. The van der Waals surface area contributed by atoms with Crippen molar-refractivity contribution < 1.29 is 15.3 Å². The summed E-state index contributed by atoms with van der Waals surface area (Å²) in [6.45, 7) is 0. The molecule has 0 aliphatic carbocycles. The Morgan fingerprint density at radius 3 is 1.50 bits per heavy atom. The standard InChI is InChI=1S/C6H5BrO.C6H6O2/c7-5-1-3-6(8)4-2-5;7-5-2-1-3-6(8)4-5/h1-4,8H;1-4,7-8H. The lowest BCUT2D eigenvalue weighted by molar-refractivity contribution is 0.450. The summed E-state index contributed by atoms with van der Waals surface area (Å²) in [5.74, 6) is 0.475. The third-order valence-electron chi connectivity index (χ3n) is 1.66. The average molecular weight is 283 g/mol. The van der Waals surface area contributed by atoms with E-state index in [0.29, 0.717) is 5.75 Å². The Bertz CT molecular complexity index is 402. The maximum Gasteiger partial charge on any atom is 0.119 e. The van der Waals surface area contributed by atoms with Gasteiger partial charge in [-0.05, 0) is 36.4 Å². The number of benzene rings is 2. The second-order valence-electron chi connectivity index (χ2n) is 3.00. The van der Waals surface area contributed by atoms with Gasteiger partial charge >= 0.3 is 0 Å². The predicted octanol–water partition coefficient (Wildman–Crippen LogP) is 3.25. The summed E-state index contributed by atoms with van der Waals surface area (Å²) in [6.07, 6.45) is 0. The molecule has 16 heavy (non-hydrogen) atoms. The van der Waals surface area contributed by atoms with Crippen LogP contribution in [0.15, 0.2) is 53.0 Å². The molecule has 0 heterocycles. The van der Waals surface area contributed by atoms with Crippen LogP contribution in [-0.4, -0.2) is 15.3 Å². The van der Waals surface area contributed by atoms with Gasteiger partial charge in [0, 0.05) is 10.5 Å². The van der Waals surface area contributed by atoms with Crippen LogP contribution in [0.1, 0.15) is 0 Å². The minimum Gasteiger partial charge on any atom is -0.508 e. The molecule has 84 valence electrons. The van der Waals surface area contributed by atoms with Crippen molar-refractivity contribution in [1.29, 1.82) is 0 Å². The first-order valence-electron chi connectivity index (χ1n) is 4.50. The highest BCUT2D eigenvalue weighted by Gasteiger charge is 1.85. The molecule has 2 aromatic carbocycles. The molecule has 0 unspecified atom stereocenters. The number of aromatic hydroxyl groups is 3. The highest BCUT2D eigenvalue weighted by Crippen LogP contribution is 2.15. The first-order valence-corrected chi connectivity index (χ1v) is 5.30. The van der Waals surface area contributed by atoms with Crippen molar-refractivity contribution in [3.8, 4) is 17.2 Å². The van der Waals surface area contributed by atoms with E-state index >= 15 is 0 Å². The fraction of sp³-hybridized carbons (Fsp3) is 0. The monoisotopic (exact) mass is 282 g/mol. The lowest BCUT2D eigenvalue weighted by Gasteiger charge is -1.89. The Morgan fingerprint density at radius 1 is 0.688 bits per heavy atom. The molecular formula is C12H11BrO3. The highest BCUT2D eigenvalue weighted by molar-refractivity contribution is 9.10. The van der Waals surface area contributed by atoms with Gasteiger partial charge in [0.25, 0.3) is 0 Å². The molecule has 0 aliphatic rings. The molecule has 0 fully saturated rings. The summed E-state index contributed by atoms with van der Waals surface area (Å²) in [6, 6.07) is 12.7. The highest BCUT2D eigenvalue weighted by atomic mass is 79.9. The topological polar surface area (TPSA) is 60.7 Å². The summed E-state index contributed by atoms with van der Waals surface area (Å²) < 4.78 is 0.982. The molecule has 0 bridgehead atoms.